The fourth-order valence-corrected chi connectivity index (χ4v) is 2.29. The fraction of sp³-hybridized carbons (Fsp3) is 0.176. The topological polar surface area (TPSA) is 108 Å². The van der Waals surface area contributed by atoms with Crippen LogP contribution in [0.5, 0.6) is 0 Å². The first kappa shape index (κ1) is 17.0. The zero-order chi connectivity index (χ0) is 17.9. The molecular weight excluding hydrogens is 308 g/mol. The molecule has 1 aliphatic heterocycles. The van der Waals surface area contributed by atoms with E-state index in [9.17, 15) is 14.4 Å². The Kier molecular flexibility index (Phi) is 4.80. The average Bonchev–Trinajstić information content (AvgIpc) is 2.78. The molecule has 1 aliphatic rings. The average molecular weight is 324 g/mol. The Morgan fingerprint density at radius 1 is 1.25 bits per heavy atom. The van der Waals surface area contributed by atoms with Gasteiger partial charge in [-0.3, -0.25) is 19.3 Å². The minimum absolute atomic E-state index is 0.202. The van der Waals surface area contributed by atoms with Crippen molar-refractivity contribution in [3.8, 4) is 6.07 Å². The van der Waals surface area contributed by atoms with Crippen molar-refractivity contribution >= 4 is 17.7 Å². The van der Waals surface area contributed by atoms with Crippen LogP contribution < -0.4 is 5.73 Å². The zero-order valence-electron chi connectivity index (χ0n) is 13.3. The van der Waals surface area contributed by atoms with Crippen LogP contribution in [0.1, 0.15) is 20.7 Å². The first-order chi connectivity index (χ1) is 11.4. The number of rotatable bonds is 5. The molecule has 0 aliphatic carbocycles. The normalized spacial score (nSPS) is 14.5. The minimum atomic E-state index is -0.910. The van der Waals surface area contributed by atoms with Crippen LogP contribution in [0, 0.1) is 11.3 Å². The summed E-state index contributed by atoms with van der Waals surface area (Å²) in [6, 6.07) is 8.20. The lowest BCUT2D eigenvalue weighted by Gasteiger charge is -2.16. The molecule has 0 atom stereocenters. The largest absolute Gasteiger partial charge is 0.383 e. The number of hydrogen-bond acceptors (Lipinski definition) is 5. The predicted octanol–water partition coefficient (Wildman–Crippen LogP) is 0.663. The van der Waals surface area contributed by atoms with Crippen LogP contribution in [0.3, 0.4) is 0 Å². The number of hydrogen-bond donors (Lipinski definition) is 1. The molecule has 7 heteroatoms. The third-order valence-corrected chi connectivity index (χ3v) is 3.46. The Bertz CT molecular complexity index is 780. The molecule has 0 saturated carbocycles. The maximum Gasteiger partial charge on any atom is 0.261 e. The van der Waals surface area contributed by atoms with Crippen LogP contribution in [0.15, 0.2) is 47.7 Å². The lowest BCUT2D eigenvalue weighted by molar-refractivity contribution is -0.114. The summed E-state index contributed by atoms with van der Waals surface area (Å²) in [6.07, 6.45) is 3.10. The van der Waals surface area contributed by atoms with Gasteiger partial charge in [-0.1, -0.05) is 12.1 Å². The lowest BCUT2D eigenvalue weighted by atomic mass is 10.1. The van der Waals surface area contributed by atoms with E-state index in [2.05, 4.69) is 0 Å². The highest BCUT2D eigenvalue weighted by atomic mass is 16.2. The van der Waals surface area contributed by atoms with Gasteiger partial charge in [-0.2, -0.15) is 5.26 Å². The number of benzene rings is 1. The van der Waals surface area contributed by atoms with Crippen molar-refractivity contribution in [2.45, 2.75) is 0 Å². The van der Waals surface area contributed by atoms with Crippen molar-refractivity contribution in [2.24, 2.45) is 5.73 Å². The quantitative estimate of drug-likeness (QED) is 0.370. The second kappa shape index (κ2) is 6.79. The number of imide groups is 1. The van der Waals surface area contributed by atoms with Gasteiger partial charge >= 0.3 is 0 Å². The van der Waals surface area contributed by atoms with Crippen LogP contribution in [0.25, 0.3) is 0 Å². The van der Waals surface area contributed by atoms with Gasteiger partial charge in [-0.15, -0.1) is 0 Å². The first-order valence-corrected chi connectivity index (χ1v) is 7.09. The molecule has 7 nitrogen and oxygen atoms in total. The van der Waals surface area contributed by atoms with Crippen molar-refractivity contribution in [1.29, 1.82) is 5.26 Å². The summed E-state index contributed by atoms with van der Waals surface area (Å²) in [5.41, 5.74) is 5.75. The van der Waals surface area contributed by atoms with Gasteiger partial charge < -0.3 is 10.6 Å². The molecule has 0 fully saturated rings. The lowest BCUT2D eigenvalue weighted by Crippen LogP contribution is -2.32. The smallest absolute Gasteiger partial charge is 0.261 e. The molecule has 0 aromatic heterocycles. The number of primary amides is 1. The Balaban J connectivity index is 2.42. The van der Waals surface area contributed by atoms with Gasteiger partial charge in [0.2, 0.25) is 0 Å². The monoisotopic (exact) mass is 324 g/mol. The first-order valence-electron chi connectivity index (χ1n) is 7.09. The van der Waals surface area contributed by atoms with Gasteiger partial charge in [0.05, 0.1) is 17.7 Å². The molecular formula is C17H16N4O3. The molecule has 0 radical (unpaired) electrons. The van der Waals surface area contributed by atoms with Crippen molar-refractivity contribution < 1.29 is 14.4 Å². The molecule has 0 bridgehead atoms. The molecule has 0 unspecified atom stereocenters. The number of carbonyl (C=O) groups excluding carboxylic acids is 3. The van der Waals surface area contributed by atoms with Crippen molar-refractivity contribution in [2.75, 3.05) is 20.6 Å². The summed E-state index contributed by atoms with van der Waals surface area (Å²) in [7, 11) is 3.51. The van der Waals surface area contributed by atoms with E-state index in [-0.39, 0.29) is 17.7 Å². The Morgan fingerprint density at radius 3 is 2.21 bits per heavy atom. The molecule has 2 rings (SSSR count). The van der Waals surface area contributed by atoms with E-state index < -0.39 is 17.7 Å². The molecule has 0 saturated heterocycles. The van der Waals surface area contributed by atoms with Crippen LogP contribution in [0.2, 0.25) is 0 Å². The zero-order valence-corrected chi connectivity index (χ0v) is 13.3. The van der Waals surface area contributed by atoms with Gasteiger partial charge in [0.25, 0.3) is 17.7 Å². The summed E-state index contributed by atoms with van der Waals surface area (Å²) in [4.78, 5) is 39.0. The van der Waals surface area contributed by atoms with Crippen LogP contribution in [-0.4, -0.2) is 48.2 Å². The minimum Gasteiger partial charge on any atom is -0.383 e. The molecule has 1 heterocycles. The number of amides is 3. The number of carbonyl (C=O) groups is 3. The molecule has 0 spiro atoms. The molecule has 122 valence electrons. The van der Waals surface area contributed by atoms with Crippen molar-refractivity contribution in [1.82, 2.24) is 9.80 Å². The van der Waals surface area contributed by atoms with Gasteiger partial charge in [0, 0.05) is 14.1 Å². The third-order valence-electron chi connectivity index (χ3n) is 3.46. The van der Waals surface area contributed by atoms with E-state index in [0.717, 1.165) is 4.90 Å². The highest BCUT2D eigenvalue weighted by Gasteiger charge is 2.35. The number of fused-ring (bicyclic) bond motifs is 1. The van der Waals surface area contributed by atoms with E-state index in [0.29, 0.717) is 11.1 Å². The Morgan fingerprint density at radius 2 is 1.79 bits per heavy atom. The van der Waals surface area contributed by atoms with Gasteiger partial charge in [0.1, 0.15) is 11.6 Å². The molecule has 3 amide bonds. The second-order valence-corrected chi connectivity index (χ2v) is 5.40. The highest BCUT2D eigenvalue weighted by molar-refractivity contribution is 6.21. The summed E-state index contributed by atoms with van der Waals surface area (Å²) < 4.78 is 0. The van der Waals surface area contributed by atoms with E-state index in [4.69, 9.17) is 11.0 Å². The van der Waals surface area contributed by atoms with Gasteiger partial charge in [-0.25, -0.2) is 0 Å². The standard InChI is InChI=1S/C17H16N4O3/c1-20(2)8-7-11(14(9-18)15(19)22)10-21-16(23)12-5-3-4-6-13(12)17(21)24/h3-8H,10H2,1-2H3,(H2,19,22)/b8-7-,14-11+. The third kappa shape index (κ3) is 3.17. The van der Waals surface area contributed by atoms with E-state index in [1.807, 2.05) is 0 Å². The summed E-state index contributed by atoms with van der Waals surface area (Å²) >= 11 is 0. The summed E-state index contributed by atoms with van der Waals surface area (Å²) in [5.74, 6) is -1.84. The molecule has 1 aromatic carbocycles. The highest BCUT2D eigenvalue weighted by Crippen LogP contribution is 2.24. The number of nitrogens with zero attached hydrogens (tertiary/aromatic N) is 3. The summed E-state index contributed by atoms with van der Waals surface area (Å²) in [5, 5.41) is 9.17. The summed E-state index contributed by atoms with van der Waals surface area (Å²) in [6.45, 7) is -0.206. The van der Waals surface area contributed by atoms with Crippen LogP contribution >= 0.6 is 0 Å². The Labute approximate surface area is 139 Å². The molecule has 2 N–H and O–H groups in total. The second-order valence-electron chi connectivity index (χ2n) is 5.40. The van der Waals surface area contributed by atoms with E-state index in [1.165, 1.54) is 6.08 Å². The molecule has 1 aromatic rings. The van der Waals surface area contributed by atoms with Crippen LogP contribution in [0.4, 0.5) is 0 Å². The van der Waals surface area contributed by atoms with E-state index in [1.54, 1.807) is 55.5 Å². The van der Waals surface area contributed by atoms with Crippen molar-refractivity contribution in [3.63, 3.8) is 0 Å². The fourth-order valence-electron chi connectivity index (χ4n) is 2.29. The number of nitriles is 1. The SMILES string of the molecule is CN(C)/C=C\C(CN1C(=O)c2ccccc2C1=O)=C(\C#N)C(N)=O. The van der Waals surface area contributed by atoms with Gasteiger partial charge in [0.15, 0.2) is 0 Å². The molecule has 24 heavy (non-hydrogen) atoms. The maximum atomic E-state index is 12.4. The number of nitrogens with two attached hydrogens (primary N) is 1. The predicted molar refractivity (Wildman–Crippen MR) is 86.5 cm³/mol. The van der Waals surface area contributed by atoms with E-state index >= 15 is 0 Å². The van der Waals surface area contributed by atoms with Gasteiger partial charge in [-0.05, 0) is 30.0 Å². The van der Waals surface area contributed by atoms with Crippen LogP contribution in [-0.2, 0) is 4.79 Å². The van der Waals surface area contributed by atoms with Crippen molar-refractivity contribution in [3.05, 3.63) is 58.8 Å². The Hall–Kier alpha value is -3.40. The maximum absolute atomic E-state index is 12.4.